The highest BCUT2D eigenvalue weighted by molar-refractivity contribution is 6.01. The van der Waals surface area contributed by atoms with Gasteiger partial charge in [-0.1, -0.05) is 36.4 Å². The highest BCUT2D eigenvalue weighted by Crippen LogP contribution is 2.41. The molecule has 0 saturated carbocycles. The Morgan fingerprint density at radius 1 is 1.09 bits per heavy atom. The molecular formula is C19H11N3O. The van der Waals surface area contributed by atoms with Crippen molar-refractivity contribution in [2.75, 3.05) is 0 Å². The monoisotopic (exact) mass is 297 g/mol. The molecule has 0 radical (unpaired) electrons. The summed E-state index contributed by atoms with van der Waals surface area (Å²) in [6.45, 7) is 0. The Bertz CT molecular complexity index is 1150. The van der Waals surface area contributed by atoms with Crippen molar-refractivity contribution in [3.05, 3.63) is 65.7 Å². The number of nitrogens with zero attached hydrogens (tertiary/aromatic N) is 3. The molecule has 4 aromatic rings. The van der Waals surface area contributed by atoms with Crippen molar-refractivity contribution in [1.29, 1.82) is 5.26 Å². The van der Waals surface area contributed by atoms with Gasteiger partial charge in [0.1, 0.15) is 5.82 Å². The summed E-state index contributed by atoms with van der Waals surface area (Å²) in [6, 6.07) is 19.5. The van der Waals surface area contributed by atoms with Gasteiger partial charge in [-0.15, -0.1) is 0 Å². The van der Waals surface area contributed by atoms with Crippen LogP contribution in [0.25, 0.3) is 33.2 Å². The van der Waals surface area contributed by atoms with Crippen molar-refractivity contribution in [2.24, 2.45) is 0 Å². The zero-order chi connectivity index (χ0) is 15.6. The van der Waals surface area contributed by atoms with Gasteiger partial charge in [0.2, 0.25) is 0 Å². The number of hydrogen-bond donors (Lipinski definition) is 1. The summed E-state index contributed by atoms with van der Waals surface area (Å²) >= 11 is 0. The molecular weight excluding hydrogens is 286 g/mol. The Morgan fingerprint density at radius 3 is 2.74 bits per heavy atom. The van der Waals surface area contributed by atoms with Crippen molar-refractivity contribution in [1.82, 2.24) is 9.55 Å². The average molecular weight is 297 g/mol. The molecule has 4 nitrogen and oxygen atoms in total. The first-order valence-electron chi connectivity index (χ1n) is 7.40. The van der Waals surface area contributed by atoms with Crippen LogP contribution in [0.1, 0.15) is 17.4 Å². The van der Waals surface area contributed by atoms with E-state index in [4.69, 9.17) is 5.26 Å². The van der Waals surface area contributed by atoms with Crippen molar-refractivity contribution in [2.45, 2.75) is 6.23 Å². The van der Waals surface area contributed by atoms with Gasteiger partial charge in [0.25, 0.3) is 0 Å². The molecule has 0 bridgehead atoms. The standard InChI is InChI=1S/C19H11N3O/c20-10-11-7-8-16-15(9-11)21-18-13-5-1-3-12-4-2-6-14(17(12)13)19(23)22(16)18/h1-9,19,23H. The number of aromatic nitrogens is 2. The highest BCUT2D eigenvalue weighted by atomic mass is 16.3. The lowest BCUT2D eigenvalue weighted by Crippen LogP contribution is -2.15. The first-order valence-corrected chi connectivity index (χ1v) is 7.40. The first kappa shape index (κ1) is 12.4. The molecule has 0 aliphatic carbocycles. The SMILES string of the molecule is N#Cc1ccc2c(c1)nc1n2C(O)c2cccc3cccc-1c23. The molecule has 108 valence electrons. The zero-order valence-corrected chi connectivity index (χ0v) is 12.1. The van der Waals surface area contributed by atoms with E-state index in [-0.39, 0.29) is 0 Å². The fourth-order valence-corrected chi connectivity index (χ4v) is 3.52. The maximum absolute atomic E-state index is 10.9. The largest absolute Gasteiger partial charge is 0.369 e. The van der Waals surface area contributed by atoms with Gasteiger partial charge in [-0.3, -0.25) is 4.57 Å². The zero-order valence-electron chi connectivity index (χ0n) is 12.1. The maximum Gasteiger partial charge on any atom is 0.159 e. The minimum Gasteiger partial charge on any atom is -0.369 e. The van der Waals surface area contributed by atoms with E-state index >= 15 is 0 Å². The van der Waals surface area contributed by atoms with Crippen LogP contribution in [-0.4, -0.2) is 14.7 Å². The summed E-state index contributed by atoms with van der Waals surface area (Å²) in [6.07, 6.45) is -0.776. The first-order chi connectivity index (χ1) is 11.3. The minimum absolute atomic E-state index is 0.568. The van der Waals surface area contributed by atoms with Crippen molar-refractivity contribution in [3.8, 4) is 17.5 Å². The third-order valence-corrected chi connectivity index (χ3v) is 4.52. The Hall–Kier alpha value is -3.16. The molecule has 1 aromatic heterocycles. The van der Waals surface area contributed by atoms with Gasteiger partial charge >= 0.3 is 0 Å². The van der Waals surface area contributed by atoms with E-state index < -0.39 is 6.23 Å². The number of imidazole rings is 1. The van der Waals surface area contributed by atoms with Crippen molar-refractivity contribution in [3.63, 3.8) is 0 Å². The van der Waals surface area contributed by atoms with Crippen LogP contribution in [-0.2, 0) is 0 Å². The molecule has 1 aliphatic heterocycles. The molecule has 0 amide bonds. The second kappa shape index (κ2) is 4.19. The van der Waals surface area contributed by atoms with Crippen LogP contribution >= 0.6 is 0 Å². The van der Waals surface area contributed by atoms with Crippen LogP contribution in [0.2, 0.25) is 0 Å². The van der Waals surface area contributed by atoms with Crippen LogP contribution in [0, 0.1) is 11.3 Å². The summed E-state index contributed by atoms with van der Waals surface area (Å²) in [4.78, 5) is 4.69. The molecule has 3 aromatic carbocycles. The topological polar surface area (TPSA) is 61.8 Å². The van der Waals surface area contributed by atoms with E-state index in [1.54, 1.807) is 12.1 Å². The number of hydrogen-bond acceptors (Lipinski definition) is 3. The number of nitriles is 1. The summed E-state index contributed by atoms with van der Waals surface area (Å²) in [5.74, 6) is 0.742. The lowest BCUT2D eigenvalue weighted by Gasteiger charge is -2.25. The molecule has 0 spiro atoms. The van der Waals surface area contributed by atoms with Gasteiger partial charge in [0.05, 0.1) is 22.7 Å². The summed E-state index contributed by atoms with van der Waals surface area (Å²) in [5.41, 5.74) is 4.02. The van der Waals surface area contributed by atoms with E-state index in [1.807, 2.05) is 47.0 Å². The molecule has 2 heterocycles. The molecule has 0 saturated heterocycles. The summed E-state index contributed by atoms with van der Waals surface area (Å²) in [5, 5.41) is 22.1. The minimum atomic E-state index is -0.776. The lowest BCUT2D eigenvalue weighted by molar-refractivity contribution is 0.152. The molecule has 1 unspecified atom stereocenters. The van der Waals surface area contributed by atoms with Gasteiger partial charge in [-0.2, -0.15) is 5.26 Å². The van der Waals surface area contributed by atoms with Crippen LogP contribution < -0.4 is 0 Å². The highest BCUT2D eigenvalue weighted by Gasteiger charge is 2.28. The van der Waals surface area contributed by atoms with Crippen LogP contribution in [0.3, 0.4) is 0 Å². The van der Waals surface area contributed by atoms with Gasteiger partial charge in [-0.25, -0.2) is 4.98 Å². The molecule has 0 fully saturated rings. The number of benzene rings is 3. The number of aliphatic hydroxyl groups is 1. The predicted molar refractivity (Wildman–Crippen MR) is 87.7 cm³/mol. The normalized spacial score (nSPS) is 15.6. The average Bonchev–Trinajstić information content (AvgIpc) is 2.98. The van der Waals surface area contributed by atoms with Gasteiger partial charge in [0.15, 0.2) is 6.23 Å². The van der Waals surface area contributed by atoms with E-state index in [2.05, 4.69) is 11.1 Å². The second-order valence-electron chi connectivity index (χ2n) is 5.75. The van der Waals surface area contributed by atoms with E-state index in [0.717, 1.165) is 38.8 Å². The van der Waals surface area contributed by atoms with E-state index in [1.165, 1.54) is 0 Å². The van der Waals surface area contributed by atoms with Crippen molar-refractivity contribution < 1.29 is 5.11 Å². The second-order valence-corrected chi connectivity index (χ2v) is 5.75. The predicted octanol–water partition coefficient (Wildman–Crippen LogP) is 3.58. The number of rotatable bonds is 0. The quantitative estimate of drug-likeness (QED) is 0.539. The molecule has 1 aliphatic rings. The van der Waals surface area contributed by atoms with E-state index in [0.29, 0.717) is 5.56 Å². The third-order valence-electron chi connectivity index (χ3n) is 4.52. The smallest absolute Gasteiger partial charge is 0.159 e. The number of fused-ring (bicyclic) bond motifs is 4. The Labute approximate surface area is 131 Å². The van der Waals surface area contributed by atoms with Crippen LogP contribution in [0.15, 0.2) is 54.6 Å². The summed E-state index contributed by atoms with van der Waals surface area (Å²) in [7, 11) is 0. The van der Waals surface area contributed by atoms with E-state index in [9.17, 15) is 5.11 Å². The fourth-order valence-electron chi connectivity index (χ4n) is 3.52. The van der Waals surface area contributed by atoms with Crippen LogP contribution in [0.4, 0.5) is 0 Å². The Kier molecular flexibility index (Phi) is 2.26. The van der Waals surface area contributed by atoms with Gasteiger partial charge in [-0.05, 0) is 23.6 Å². The van der Waals surface area contributed by atoms with Crippen molar-refractivity contribution >= 4 is 21.8 Å². The van der Waals surface area contributed by atoms with Gasteiger partial charge < -0.3 is 5.11 Å². The molecule has 23 heavy (non-hydrogen) atoms. The molecule has 5 rings (SSSR count). The Balaban J connectivity index is 1.96. The van der Waals surface area contributed by atoms with Crippen LogP contribution in [0.5, 0.6) is 0 Å². The molecule has 1 N–H and O–H groups in total. The fraction of sp³-hybridized carbons (Fsp3) is 0.0526. The summed E-state index contributed by atoms with van der Waals surface area (Å²) < 4.78 is 1.84. The van der Waals surface area contributed by atoms with Gasteiger partial charge in [0, 0.05) is 16.5 Å². The Morgan fingerprint density at radius 2 is 1.91 bits per heavy atom. The maximum atomic E-state index is 10.9. The molecule has 4 heteroatoms. The lowest BCUT2D eigenvalue weighted by atomic mass is 9.95. The third kappa shape index (κ3) is 1.49. The molecule has 1 atom stereocenters. The number of aliphatic hydroxyl groups excluding tert-OH is 1.